The lowest BCUT2D eigenvalue weighted by Crippen LogP contribution is -2.33. The van der Waals surface area contributed by atoms with E-state index in [4.69, 9.17) is 9.47 Å². The van der Waals surface area contributed by atoms with E-state index >= 15 is 0 Å². The van der Waals surface area contributed by atoms with Gasteiger partial charge in [0.2, 0.25) is 0 Å². The topological polar surface area (TPSA) is 55.8 Å². The van der Waals surface area contributed by atoms with Gasteiger partial charge in [0.25, 0.3) is 0 Å². The molecule has 1 saturated carbocycles. The molecule has 0 heterocycles. The Bertz CT molecular complexity index is 886. The van der Waals surface area contributed by atoms with Crippen LogP contribution in [0.3, 0.4) is 0 Å². The van der Waals surface area contributed by atoms with E-state index in [1.807, 2.05) is 45.9 Å². The third-order valence-electron chi connectivity index (χ3n) is 5.85. The van der Waals surface area contributed by atoms with Gasteiger partial charge in [-0.05, 0) is 69.7 Å². The van der Waals surface area contributed by atoms with Crippen LogP contribution >= 0.6 is 0 Å². The van der Waals surface area contributed by atoms with Crippen LogP contribution in [0.15, 0.2) is 54.6 Å². The summed E-state index contributed by atoms with van der Waals surface area (Å²) in [7, 11) is 0. The normalized spacial score (nSPS) is 18.6. The number of para-hydroxylation sites is 1. The van der Waals surface area contributed by atoms with Crippen molar-refractivity contribution in [2.75, 3.05) is 6.54 Å². The van der Waals surface area contributed by atoms with Crippen LogP contribution in [0.2, 0.25) is 0 Å². The molecule has 0 aromatic heterocycles. The number of esters is 1. The van der Waals surface area contributed by atoms with Crippen LogP contribution in [-0.2, 0) is 16.1 Å². The highest BCUT2D eigenvalue weighted by Gasteiger charge is 2.35. The number of amides is 1. The lowest BCUT2D eigenvalue weighted by molar-refractivity contribution is -0.161. The van der Waals surface area contributed by atoms with Crippen LogP contribution in [0.5, 0.6) is 5.75 Å². The van der Waals surface area contributed by atoms with Crippen LogP contribution in [-0.4, -0.2) is 29.1 Å². The minimum absolute atomic E-state index is 0.0907. The van der Waals surface area contributed by atoms with E-state index in [1.54, 1.807) is 17.0 Å². The Hall–Kier alpha value is -2.82. The molecule has 2 aromatic rings. The van der Waals surface area contributed by atoms with Crippen LogP contribution in [0.25, 0.3) is 0 Å². The lowest BCUT2D eigenvalue weighted by atomic mass is 9.75. The summed E-state index contributed by atoms with van der Waals surface area (Å²) in [5, 5.41) is 0. The lowest BCUT2D eigenvalue weighted by Gasteiger charge is -2.32. The van der Waals surface area contributed by atoms with Crippen LogP contribution in [0, 0.1) is 5.92 Å². The first-order chi connectivity index (χ1) is 15.3. The molecule has 0 bridgehead atoms. The molecular weight excluding hydrogens is 402 g/mol. The van der Waals surface area contributed by atoms with Gasteiger partial charge < -0.3 is 14.4 Å². The summed E-state index contributed by atoms with van der Waals surface area (Å²) in [6.07, 6.45) is 3.69. The minimum atomic E-state index is -0.471. The Kier molecular flexibility index (Phi) is 7.94. The second-order valence-corrected chi connectivity index (χ2v) is 9.47. The van der Waals surface area contributed by atoms with Gasteiger partial charge in [0, 0.05) is 13.1 Å². The molecule has 0 N–H and O–H groups in total. The number of ether oxygens (including phenoxy) is 2. The third-order valence-corrected chi connectivity index (χ3v) is 5.85. The molecule has 1 aliphatic rings. The average molecular weight is 438 g/mol. The Balaban J connectivity index is 1.66. The van der Waals surface area contributed by atoms with Crippen molar-refractivity contribution in [3.05, 3.63) is 65.7 Å². The zero-order valence-electron chi connectivity index (χ0n) is 19.7. The van der Waals surface area contributed by atoms with Gasteiger partial charge in [-0.15, -0.1) is 0 Å². The zero-order valence-corrected chi connectivity index (χ0v) is 19.7. The third kappa shape index (κ3) is 6.59. The first-order valence-corrected chi connectivity index (χ1v) is 11.6. The number of rotatable bonds is 6. The van der Waals surface area contributed by atoms with Gasteiger partial charge >= 0.3 is 12.1 Å². The molecule has 5 nitrogen and oxygen atoms in total. The number of benzene rings is 2. The SMILES string of the molecule is CCN(Cc1ccc([C@@H]2CCCC[C@@H]2C(=O)OC(C)(C)C)cc1)C(=O)Oc1ccccc1. The van der Waals surface area contributed by atoms with Gasteiger partial charge in [-0.25, -0.2) is 4.79 Å². The number of carbonyl (C=O) groups is 2. The van der Waals surface area contributed by atoms with E-state index in [-0.39, 0.29) is 23.9 Å². The van der Waals surface area contributed by atoms with Gasteiger partial charge in [0.05, 0.1) is 5.92 Å². The summed E-state index contributed by atoms with van der Waals surface area (Å²) in [6.45, 7) is 8.72. The smallest absolute Gasteiger partial charge is 0.415 e. The summed E-state index contributed by atoms with van der Waals surface area (Å²) in [4.78, 5) is 27.0. The fourth-order valence-corrected chi connectivity index (χ4v) is 4.24. The van der Waals surface area contributed by atoms with Crippen molar-refractivity contribution in [3.63, 3.8) is 0 Å². The maximum atomic E-state index is 12.8. The molecule has 0 saturated heterocycles. The van der Waals surface area contributed by atoms with Crippen molar-refractivity contribution in [2.45, 2.75) is 71.4 Å². The van der Waals surface area contributed by atoms with E-state index in [9.17, 15) is 9.59 Å². The van der Waals surface area contributed by atoms with Crippen LogP contribution in [0.4, 0.5) is 4.79 Å². The quantitative estimate of drug-likeness (QED) is 0.496. The van der Waals surface area contributed by atoms with Crippen molar-refractivity contribution in [1.82, 2.24) is 4.90 Å². The van der Waals surface area contributed by atoms with Gasteiger partial charge in [-0.3, -0.25) is 4.79 Å². The maximum Gasteiger partial charge on any atom is 0.415 e. The van der Waals surface area contributed by atoms with Crippen LogP contribution < -0.4 is 4.74 Å². The second-order valence-electron chi connectivity index (χ2n) is 9.47. The predicted molar refractivity (Wildman–Crippen MR) is 126 cm³/mol. The number of carbonyl (C=O) groups excluding carboxylic acids is 2. The summed E-state index contributed by atoms with van der Waals surface area (Å²) in [5.74, 6) is 0.531. The largest absolute Gasteiger partial charge is 0.460 e. The molecule has 3 rings (SSSR count). The van der Waals surface area contributed by atoms with E-state index in [2.05, 4.69) is 24.3 Å². The Morgan fingerprint density at radius 3 is 2.25 bits per heavy atom. The molecule has 2 atom stereocenters. The first-order valence-electron chi connectivity index (χ1n) is 11.6. The highest BCUT2D eigenvalue weighted by atomic mass is 16.6. The second kappa shape index (κ2) is 10.7. The molecule has 0 aliphatic heterocycles. The van der Waals surface area contributed by atoms with Crippen molar-refractivity contribution in [1.29, 1.82) is 0 Å². The molecule has 1 fully saturated rings. The molecule has 32 heavy (non-hydrogen) atoms. The maximum absolute atomic E-state index is 12.8. The predicted octanol–water partition coefficient (Wildman–Crippen LogP) is 6.32. The molecule has 0 unspecified atom stereocenters. The number of hydrogen-bond acceptors (Lipinski definition) is 4. The fourth-order valence-electron chi connectivity index (χ4n) is 4.24. The van der Waals surface area contributed by atoms with Gasteiger partial charge in [-0.2, -0.15) is 0 Å². The first kappa shape index (κ1) is 23.8. The molecule has 1 aliphatic carbocycles. The molecule has 0 radical (unpaired) electrons. The molecule has 2 aromatic carbocycles. The molecule has 172 valence electrons. The van der Waals surface area contributed by atoms with Gasteiger partial charge in [0.15, 0.2) is 0 Å². The van der Waals surface area contributed by atoms with E-state index in [1.165, 1.54) is 5.56 Å². The molecule has 1 amide bonds. The molecule has 5 heteroatoms. The van der Waals surface area contributed by atoms with Crippen molar-refractivity contribution >= 4 is 12.1 Å². The van der Waals surface area contributed by atoms with Crippen molar-refractivity contribution < 1.29 is 19.1 Å². The monoisotopic (exact) mass is 437 g/mol. The summed E-state index contributed by atoms with van der Waals surface area (Å²) in [5.41, 5.74) is 1.73. The molecule has 0 spiro atoms. The fraction of sp³-hybridized carbons (Fsp3) is 0.481. The number of nitrogens with zero attached hydrogens (tertiary/aromatic N) is 1. The molecular formula is C27H35NO4. The standard InChI is InChI=1S/C27H35NO4/c1-5-28(26(30)31-22-11-7-6-8-12-22)19-20-15-17-21(18-16-20)23-13-9-10-14-24(23)25(29)32-27(2,3)4/h6-8,11-12,15-18,23-24H,5,9-10,13-14,19H2,1-4H3/t23-,24-/m0/s1. The highest BCUT2D eigenvalue weighted by Crippen LogP contribution is 2.39. The van der Waals surface area contributed by atoms with Gasteiger partial charge in [0.1, 0.15) is 11.4 Å². The zero-order chi connectivity index (χ0) is 23.1. The minimum Gasteiger partial charge on any atom is -0.460 e. The van der Waals surface area contributed by atoms with E-state index in [0.29, 0.717) is 18.8 Å². The number of hydrogen-bond donors (Lipinski definition) is 0. The summed E-state index contributed by atoms with van der Waals surface area (Å²) in [6, 6.07) is 17.4. The van der Waals surface area contributed by atoms with E-state index in [0.717, 1.165) is 31.2 Å². The van der Waals surface area contributed by atoms with Crippen molar-refractivity contribution in [3.8, 4) is 5.75 Å². The Morgan fingerprint density at radius 2 is 1.62 bits per heavy atom. The van der Waals surface area contributed by atoms with Crippen LogP contribution in [0.1, 0.15) is 70.4 Å². The Morgan fingerprint density at radius 1 is 0.969 bits per heavy atom. The van der Waals surface area contributed by atoms with E-state index < -0.39 is 5.60 Å². The van der Waals surface area contributed by atoms with Gasteiger partial charge in [-0.1, -0.05) is 55.3 Å². The van der Waals surface area contributed by atoms with Crippen molar-refractivity contribution in [2.24, 2.45) is 5.92 Å². The summed E-state index contributed by atoms with van der Waals surface area (Å²) >= 11 is 0. The summed E-state index contributed by atoms with van der Waals surface area (Å²) < 4.78 is 11.2. The Labute approximate surface area is 191 Å². The average Bonchev–Trinajstić information content (AvgIpc) is 2.77. The highest BCUT2D eigenvalue weighted by molar-refractivity contribution is 5.74.